The van der Waals surface area contributed by atoms with Crippen molar-refractivity contribution >= 4 is 29.4 Å². The predicted octanol–water partition coefficient (Wildman–Crippen LogP) is 4.52. The van der Waals surface area contributed by atoms with Crippen LogP contribution in [0.5, 0.6) is 0 Å². The highest BCUT2D eigenvalue weighted by Gasteiger charge is 2.28. The standard InChI is InChI=1S/C42H70N2O12/c1-7-17-44(41(48)16-21-53-26-24-51-19-9-8-10-20-52-25-27-55-29-28-54-23-22-50-6)18-15-38(46)31-39(33(2)3)42(49)43-34(4)40(47)30-36-11-13-37(14-12-36)32-56-35(5)45/h11-14,33-34,39H,7-10,15-32H2,1-6H3,(H,43,49)/t34-,39-/m0/s1. The molecule has 1 aromatic carbocycles. The summed E-state index contributed by atoms with van der Waals surface area (Å²) in [7, 11) is 1.64. The Morgan fingerprint density at radius 1 is 0.679 bits per heavy atom. The summed E-state index contributed by atoms with van der Waals surface area (Å²) in [5.74, 6) is -1.78. The average Bonchev–Trinajstić information content (AvgIpc) is 3.17. The molecule has 14 heteroatoms. The van der Waals surface area contributed by atoms with Crippen LogP contribution in [0.25, 0.3) is 0 Å². The molecule has 0 aliphatic heterocycles. The molecule has 56 heavy (non-hydrogen) atoms. The number of benzene rings is 1. The van der Waals surface area contributed by atoms with Gasteiger partial charge in [0, 0.05) is 65.5 Å². The number of rotatable bonds is 36. The number of ether oxygens (including phenoxy) is 7. The van der Waals surface area contributed by atoms with E-state index in [-0.39, 0.29) is 80.7 Å². The van der Waals surface area contributed by atoms with E-state index in [1.165, 1.54) is 6.92 Å². The lowest BCUT2D eigenvalue weighted by molar-refractivity contribution is -0.142. The number of ketones is 2. The van der Waals surface area contributed by atoms with Crippen molar-refractivity contribution in [3.8, 4) is 0 Å². The van der Waals surface area contributed by atoms with Crippen LogP contribution in [0.3, 0.4) is 0 Å². The third-order valence-electron chi connectivity index (χ3n) is 8.87. The van der Waals surface area contributed by atoms with Crippen LogP contribution in [0.4, 0.5) is 0 Å². The number of methoxy groups -OCH3 is 1. The van der Waals surface area contributed by atoms with Crippen LogP contribution >= 0.6 is 0 Å². The summed E-state index contributed by atoms with van der Waals surface area (Å²) in [5.41, 5.74) is 1.59. The van der Waals surface area contributed by atoms with Crippen LogP contribution in [0.1, 0.15) is 90.7 Å². The molecule has 1 rings (SSSR count). The van der Waals surface area contributed by atoms with Gasteiger partial charge in [-0.3, -0.25) is 24.0 Å². The fourth-order valence-corrected chi connectivity index (χ4v) is 5.47. The normalized spacial score (nSPS) is 12.3. The maximum absolute atomic E-state index is 13.2. The maximum atomic E-state index is 13.2. The maximum Gasteiger partial charge on any atom is 0.302 e. The first-order valence-corrected chi connectivity index (χ1v) is 20.2. The number of Topliss-reactive ketones (excluding diaryl/α,β-unsaturated/α-hetero) is 2. The molecule has 0 aliphatic carbocycles. The van der Waals surface area contributed by atoms with Gasteiger partial charge in [-0.1, -0.05) is 45.0 Å². The Bertz CT molecular complexity index is 1230. The predicted molar refractivity (Wildman–Crippen MR) is 212 cm³/mol. The molecule has 0 bridgehead atoms. The average molecular weight is 795 g/mol. The van der Waals surface area contributed by atoms with Crippen molar-refractivity contribution in [3.05, 3.63) is 35.4 Å². The lowest BCUT2D eigenvalue weighted by Crippen LogP contribution is -2.44. The molecule has 14 nitrogen and oxygen atoms in total. The summed E-state index contributed by atoms with van der Waals surface area (Å²) in [6.07, 6.45) is 4.16. The third-order valence-corrected chi connectivity index (χ3v) is 8.87. The van der Waals surface area contributed by atoms with Crippen molar-refractivity contribution in [1.82, 2.24) is 10.2 Å². The van der Waals surface area contributed by atoms with Gasteiger partial charge in [0.1, 0.15) is 12.4 Å². The summed E-state index contributed by atoms with van der Waals surface area (Å²) in [5, 5.41) is 2.80. The van der Waals surface area contributed by atoms with E-state index in [9.17, 15) is 24.0 Å². The SMILES string of the molecule is CCCN(CCC(=O)C[C@H](C(=O)N[C@@H](C)C(=O)Cc1ccc(COC(C)=O)cc1)C(C)C)C(=O)CCOCCOCCCCCOCCOCCOCCOC. The van der Waals surface area contributed by atoms with Crippen LogP contribution in [0, 0.1) is 11.8 Å². The fraction of sp³-hybridized carbons (Fsp3) is 0.738. The number of carbonyl (C=O) groups is 5. The number of nitrogens with zero attached hydrogens (tertiary/aromatic N) is 1. The molecule has 0 spiro atoms. The van der Waals surface area contributed by atoms with Gasteiger partial charge >= 0.3 is 5.97 Å². The molecule has 0 aliphatic rings. The molecule has 0 aromatic heterocycles. The molecule has 2 amide bonds. The zero-order chi connectivity index (χ0) is 41.4. The second kappa shape index (κ2) is 32.8. The van der Waals surface area contributed by atoms with E-state index in [2.05, 4.69) is 5.32 Å². The summed E-state index contributed by atoms with van der Waals surface area (Å²) in [4.78, 5) is 64.8. The zero-order valence-electron chi connectivity index (χ0n) is 34.9. The molecule has 1 aromatic rings. The van der Waals surface area contributed by atoms with Gasteiger partial charge in [0.2, 0.25) is 11.8 Å². The number of hydrogen-bond acceptors (Lipinski definition) is 12. The van der Waals surface area contributed by atoms with Gasteiger partial charge < -0.3 is 43.4 Å². The van der Waals surface area contributed by atoms with Crippen molar-refractivity contribution in [1.29, 1.82) is 0 Å². The molecule has 1 N–H and O–H groups in total. The largest absolute Gasteiger partial charge is 0.461 e. The number of nitrogens with one attached hydrogen (secondary N) is 1. The van der Waals surface area contributed by atoms with E-state index < -0.39 is 12.0 Å². The van der Waals surface area contributed by atoms with Gasteiger partial charge in [-0.05, 0) is 49.7 Å². The van der Waals surface area contributed by atoms with Gasteiger partial charge in [-0.15, -0.1) is 0 Å². The van der Waals surface area contributed by atoms with Crippen molar-refractivity contribution in [3.63, 3.8) is 0 Å². The smallest absolute Gasteiger partial charge is 0.302 e. The van der Waals surface area contributed by atoms with Crippen LogP contribution in [-0.4, -0.2) is 133 Å². The molecule has 0 saturated heterocycles. The minimum Gasteiger partial charge on any atom is -0.461 e. The van der Waals surface area contributed by atoms with Crippen molar-refractivity contribution < 1.29 is 57.1 Å². The Labute approximate surface area is 334 Å². The highest BCUT2D eigenvalue weighted by atomic mass is 16.6. The van der Waals surface area contributed by atoms with Gasteiger partial charge in [0.15, 0.2) is 5.78 Å². The van der Waals surface area contributed by atoms with Crippen LogP contribution in [-0.2, 0) is 70.2 Å². The van der Waals surface area contributed by atoms with Crippen molar-refractivity contribution in [2.24, 2.45) is 11.8 Å². The lowest BCUT2D eigenvalue weighted by Gasteiger charge is -2.24. The molecule has 0 unspecified atom stereocenters. The number of unbranched alkanes of at least 4 members (excludes halogenated alkanes) is 2. The summed E-state index contributed by atoms with van der Waals surface area (Å²) in [6, 6.07) is 6.44. The Hall–Kier alpha value is -3.27. The van der Waals surface area contributed by atoms with Gasteiger partial charge in [-0.25, -0.2) is 0 Å². The first kappa shape index (κ1) is 50.7. The van der Waals surface area contributed by atoms with Gasteiger partial charge in [-0.2, -0.15) is 0 Å². The number of hydrogen-bond donors (Lipinski definition) is 1. The van der Waals surface area contributed by atoms with Crippen molar-refractivity contribution in [2.45, 2.75) is 98.6 Å². The van der Waals surface area contributed by atoms with E-state index >= 15 is 0 Å². The van der Waals surface area contributed by atoms with E-state index in [0.717, 1.165) is 36.8 Å². The zero-order valence-corrected chi connectivity index (χ0v) is 34.9. The van der Waals surface area contributed by atoms with Crippen molar-refractivity contribution in [2.75, 3.05) is 92.9 Å². The number of carbonyl (C=O) groups excluding carboxylic acids is 5. The molecular weight excluding hydrogens is 724 g/mol. The molecule has 0 saturated carbocycles. The summed E-state index contributed by atoms with van der Waals surface area (Å²) >= 11 is 0. The molecule has 0 fully saturated rings. The molecule has 0 radical (unpaired) electrons. The lowest BCUT2D eigenvalue weighted by atomic mass is 9.88. The van der Waals surface area contributed by atoms with Crippen LogP contribution in [0.15, 0.2) is 24.3 Å². The van der Waals surface area contributed by atoms with E-state index in [1.807, 2.05) is 20.8 Å². The minimum absolute atomic E-state index is 0.0295. The molecular formula is C42H70N2O12. The van der Waals surface area contributed by atoms with Gasteiger partial charge in [0.05, 0.1) is 71.9 Å². The van der Waals surface area contributed by atoms with Crippen LogP contribution < -0.4 is 5.32 Å². The number of amides is 2. The number of esters is 1. The Balaban J connectivity index is 2.25. The summed E-state index contributed by atoms with van der Waals surface area (Å²) < 4.78 is 37.5. The van der Waals surface area contributed by atoms with E-state index in [1.54, 1.807) is 43.2 Å². The second-order valence-corrected chi connectivity index (χ2v) is 14.1. The monoisotopic (exact) mass is 794 g/mol. The highest BCUT2D eigenvalue weighted by Crippen LogP contribution is 2.18. The highest BCUT2D eigenvalue weighted by molar-refractivity contribution is 5.92. The fourth-order valence-electron chi connectivity index (χ4n) is 5.47. The summed E-state index contributed by atoms with van der Waals surface area (Å²) in [6.45, 7) is 15.5. The van der Waals surface area contributed by atoms with Crippen LogP contribution in [0.2, 0.25) is 0 Å². The Morgan fingerprint density at radius 2 is 1.21 bits per heavy atom. The van der Waals surface area contributed by atoms with E-state index in [4.69, 9.17) is 33.2 Å². The first-order valence-electron chi connectivity index (χ1n) is 20.2. The Kier molecular flexibility index (Phi) is 29.7. The second-order valence-electron chi connectivity index (χ2n) is 14.1. The first-order chi connectivity index (χ1) is 27.0. The Morgan fingerprint density at radius 3 is 1.75 bits per heavy atom. The van der Waals surface area contributed by atoms with Gasteiger partial charge in [0.25, 0.3) is 0 Å². The minimum atomic E-state index is -0.734. The molecule has 0 heterocycles. The molecule has 320 valence electrons. The topological polar surface area (TPSA) is 165 Å². The third kappa shape index (κ3) is 25.8. The van der Waals surface area contributed by atoms with E-state index in [0.29, 0.717) is 72.6 Å². The molecule has 2 atom stereocenters. The quantitative estimate of drug-likeness (QED) is 0.0748.